The molecule has 0 aromatic heterocycles. The van der Waals surface area contributed by atoms with Crippen LogP contribution in [0.2, 0.25) is 0 Å². The standard InChI is InChI=1S/C14H17N3OS/c18-9-7-15-13-12-6-3-8-17(12)14(19)10-4-1-2-5-11(10)16-13/h1-2,4-5,12,18H,3,6-9H2,(H,15,16). The van der Waals surface area contributed by atoms with E-state index in [9.17, 15) is 0 Å². The normalized spacial score (nSPS) is 23.8. The summed E-state index contributed by atoms with van der Waals surface area (Å²) in [7, 11) is 0. The van der Waals surface area contributed by atoms with E-state index in [0.717, 1.165) is 41.5 Å². The summed E-state index contributed by atoms with van der Waals surface area (Å²) in [6.07, 6.45) is 2.19. The van der Waals surface area contributed by atoms with Crippen LogP contribution in [0, 0.1) is 0 Å². The van der Waals surface area contributed by atoms with Gasteiger partial charge in [-0.2, -0.15) is 0 Å². The number of thiocarbonyl (C=S) groups is 1. The lowest BCUT2D eigenvalue weighted by Gasteiger charge is -2.24. The van der Waals surface area contributed by atoms with Crippen molar-refractivity contribution in [3.8, 4) is 0 Å². The highest BCUT2D eigenvalue weighted by atomic mass is 32.1. The molecule has 0 spiro atoms. The van der Waals surface area contributed by atoms with Gasteiger partial charge >= 0.3 is 0 Å². The van der Waals surface area contributed by atoms with Crippen LogP contribution >= 0.6 is 12.2 Å². The van der Waals surface area contributed by atoms with Crippen LogP contribution in [0.25, 0.3) is 0 Å². The molecule has 0 bridgehead atoms. The number of nitrogens with zero attached hydrogens (tertiary/aromatic N) is 2. The van der Waals surface area contributed by atoms with Crippen molar-refractivity contribution < 1.29 is 5.11 Å². The quantitative estimate of drug-likeness (QED) is 0.806. The summed E-state index contributed by atoms with van der Waals surface area (Å²) < 4.78 is 0. The van der Waals surface area contributed by atoms with Crippen LogP contribution in [-0.2, 0) is 0 Å². The predicted molar refractivity (Wildman–Crippen MR) is 80.9 cm³/mol. The van der Waals surface area contributed by atoms with Gasteiger partial charge in [0.25, 0.3) is 0 Å². The highest BCUT2D eigenvalue weighted by Crippen LogP contribution is 2.29. The van der Waals surface area contributed by atoms with E-state index in [-0.39, 0.29) is 12.6 Å². The highest BCUT2D eigenvalue weighted by Gasteiger charge is 2.34. The van der Waals surface area contributed by atoms with Crippen molar-refractivity contribution >= 4 is 28.7 Å². The Kier molecular flexibility index (Phi) is 3.48. The average Bonchev–Trinajstić information content (AvgIpc) is 2.88. The summed E-state index contributed by atoms with van der Waals surface area (Å²) in [5, 5.41) is 12.4. The van der Waals surface area contributed by atoms with Gasteiger partial charge in [-0.25, -0.2) is 0 Å². The first kappa shape index (κ1) is 12.6. The predicted octanol–water partition coefficient (Wildman–Crippen LogP) is 1.64. The molecule has 2 aliphatic rings. The molecule has 1 saturated heterocycles. The maximum atomic E-state index is 8.98. The second-order valence-electron chi connectivity index (χ2n) is 4.82. The van der Waals surface area contributed by atoms with Gasteiger partial charge in [-0.05, 0) is 25.0 Å². The van der Waals surface area contributed by atoms with Crippen LogP contribution < -0.4 is 5.32 Å². The fraction of sp³-hybridized carbons (Fsp3) is 0.429. The lowest BCUT2D eigenvalue weighted by molar-refractivity contribution is 0.306. The molecule has 1 fully saturated rings. The van der Waals surface area contributed by atoms with Crippen molar-refractivity contribution in [2.75, 3.05) is 25.0 Å². The summed E-state index contributed by atoms with van der Waals surface area (Å²) in [6, 6.07) is 8.31. The van der Waals surface area contributed by atoms with Crippen LogP contribution in [0.1, 0.15) is 18.4 Å². The number of hydrogen-bond acceptors (Lipinski definition) is 3. The van der Waals surface area contributed by atoms with Gasteiger partial charge in [0.15, 0.2) is 0 Å². The van der Waals surface area contributed by atoms with Crippen molar-refractivity contribution in [1.82, 2.24) is 4.90 Å². The van der Waals surface area contributed by atoms with E-state index < -0.39 is 0 Å². The number of benzene rings is 1. The Bertz CT molecular complexity index is 529. The number of aliphatic hydroxyl groups excluding tert-OH is 1. The van der Waals surface area contributed by atoms with Crippen LogP contribution in [0.3, 0.4) is 0 Å². The third kappa shape index (κ3) is 2.24. The highest BCUT2D eigenvalue weighted by molar-refractivity contribution is 7.80. The molecule has 2 aliphatic heterocycles. The molecule has 0 radical (unpaired) electrons. The minimum absolute atomic E-state index is 0.0734. The molecular weight excluding hydrogens is 258 g/mol. The summed E-state index contributed by atoms with van der Waals surface area (Å²) >= 11 is 5.63. The summed E-state index contributed by atoms with van der Waals surface area (Å²) in [6.45, 7) is 1.49. The smallest absolute Gasteiger partial charge is 0.124 e. The molecular formula is C14H17N3OS. The third-order valence-corrected chi connectivity index (χ3v) is 4.09. The second kappa shape index (κ2) is 5.27. The molecule has 0 amide bonds. The molecule has 1 atom stereocenters. The van der Waals surface area contributed by atoms with Gasteiger partial charge in [0.05, 0.1) is 19.2 Å². The number of amidine groups is 1. The number of nitrogens with one attached hydrogen (secondary N) is 1. The van der Waals surface area contributed by atoms with Crippen molar-refractivity contribution in [3.63, 3.8) is 0 Å². The van der Waals surface area contributed by atoms with Gasteiger partial charge in [0.2, 0.25) is 0 Å². The Morgan fingerprint density at radius 3 is 3.11 bits per heavy atom. The van der Waals surface area contributed by atoms with Gasteiger partial charge in [0.1, 0.15) is 10.8 Å². The van der Waals surface area contributed by atoms with E-state index in [2.05, 4.69) is 21.3 Å². The summed E-state index contributed by atoms with van der Waals surface area (Å²) in [5.74, 6) is 0.929. The summed E-state index contributed by atoms with van der Waals surface area (Å²) in [4.78, 5) is 7.65. The monoisotopic (exact) mass is 275 g/mol. The minimum atomic E-state index is 0.0734. The molecule has 19 heavy (non-hydrogen) atoms. The minimum Gasteiger partial charge on any atom is -0.394 e. The number of para-hydroxylation sites is 1. The first-order valence-corrected chi connectivity index (χ1v) is 7.04. The average molecular weight is 275 g/mol. The van der Waals surface area contributed by atoms with Crippen LogP contribution in [-0.4, -0.2) is 46.6 Å². The van der Waals surface area contributed by atoms with Crippen molar-refractivity contribution in [2.24, 2.45) is 4.99 Å². The number of fused-ring (bicyclic) bond motifs is 2. The van der Waals surface area contributed by atoms with E-state index >= 15 is 0 Å². The molecule has 3 rings (SSSR count). The Morgan fingerprint density at radius 1 is 1.42 bits per heavy atom. The van der Waals surface area contributed by atoms with Crippen molar-refractivity contribution in [1.29, 1.82) is 0 Å². The van der Waals surface area contributed by atoms with Gasteiger partial charge < -0.3 is 15.3 Å². The zero-order chi connectivity index (χ0) is 13.2. The number of rotatable bonds is 2. The van der Waals surface area contributed by atoms with E-state index in [0.29, 0.717) is 6.54 Å². The number of aliphatic imine (C=N–C) groups is 1. The Labute approximate surface area is 118 Å². The molecule has 100 valence electrons. The molecule has 5 heteroatoms. The van der Waals surface area contributed by atoms with Crippen molar-refractivity contribution in [2.45, 2.75) is 18.9 Å². The molecule has 0 aliphatic carbocycles. The lowest BCUT2D eigenvalue weighted by atomic mass is 10.1. The maximum Gasteiger partial charge on any atom is 0.124 e. The van der Waals surface area contributed by atoms with Crippen LogP contribution in [0.15, 0.2) is 29.3 Å². The van der Waals surface area contributed by atoms with E-state index in [1.54, 1.807) is 0 Å². The Hall–Kier alpha value is -1.46. The number of aliphatic hydroxyl groups is 1. The second-order valence-corrected chi connectivity index (χ2v) is 5.20. The first-order chi connectivity index (χ1) is 9.31. The van der Waals surface area contributed by atoms with Gasteiger partial charge in [-0.15, -0.1) is 0 Å². The zero-order valence-corrected chi connectivity index (χ0v) is 11.5. The summed E-state index contributed by atoms with van der Waals surface area (Å²) in [5.41, 5.74) is 2.08. The maximum absolute atomic E-state index is 8.98. The molecule has 1 aromatic rings. The third-order valence-electron chi connectivity index (χ3n) is 3.63. The van der Waals surface area contributed by atoms with Gasteiger partial charge in [0, 0.05) is 17.8 Å². The molecule has 1 unspecified atom stereocenters. The first-order valence-electron chi connectivity index (χ1n) is 6.63. The molecule has 2 heterocycles. The molecule has 2 N–H and O–H groups in total. The van der Waals surface area contributed by atoms with E-state index in [1.807, 2.05) is 18.2 Å². The van der Waals surface area contributed by atoms with Crippen LogP contribution in [0.5, 0.6) is 0 Å². The van der Waals surface area contributed by atoms with Gasteiger partial charge in [-0.1, -0.05) is 24.4 Å². The SMILES string of the molecule is OCCN=C1Nc2ccccc2C(=S)N2CCCC12. The fourth-order valence-corrected chi connectivity index (χ4v) is 3.16. The Balaban J connectivity index is 2.04. The van der Waals surface area contributed by atoms with Gasteiger partial charge in [-0.3, -0.25) is 4.99 Å². The molecule has 4 nitrogen and oxygen atoms in total. The fourth-order valence-electron chi connectivity index (χ4n) is 2.76. The lowest BCUT2D eigenvalue weighted by Crippen LogP contribution is -2.40. The van der Waals surface area contributed by atoms with Crippen molar-refractivity contribution in [3.05, 3.63) is 29.8 Å². The van der Waals surface area contributed by atoms with Crippen LogP contribution in [0.4, 0.5) is 5.69 Å². The molecule has 0 saturated carbocycles. The number of anilines is 1. The topological polar surface area (TPSA) is 47.9 Å². The largest absolute Gasteiger partial charge is 0.394 e. The Morgan fingerprint density at radius 2 is 2.26 bits per heavy atom. The number of hydrogen-bond donors (Lipinski definition) is 2. The van der Waals surface area contributed by atoms with E-state index in [4.69, 9.17) is 17.3 Å². The van der Waals surface area contributed by atoms with E-state index in [1.165, 1.54) is 0 Å². The zero-order valence-electron chi connectivity index (χ0n) is 10.7. The molecule has 1 aromatic carbocycles.